The first-order valence-corrected chi connectivity index (χ1v) is 28.6. The molecule has 2 aliphatic heterocycles. The SMILES string of the molecule is CCCCC/C=C/C/C=C/CCCCCCCCCCCC(=O)O[C@H](COC(=O)CCCCCCCCC/C=C/CCCCCCCC)CO[C@H]1O[C@@H](CO[C@H]2O[C@@H](CO)[C@@H](O)C(O)C2O)[C@@H](O)C(O)C1O. The third kappa shape index (κ3) is 30.9. The average Bonchev–Trinajstić information content (AvgIpc) is 3.37. The first-order chi connectivity index (χ1) is 35.0. The van der Waals surface area contributed by atoms with Crippen molar-refractivity contribution in [3.05, 3.63) is 36.5 Å². The van der Waals surface area contributed by atoms with Crippen LogP contribution >= 0.6 is 0 Å². The van der Waals surface area contributed by atoms with Gasteiger partial charge in [-0.25, -0.2) is 0 Å². The largest absolute Gasteiger partial charge is 0.462 e. The van der Waals surface area contributed by atoms with E-state index < -0.39 is 92.7 Å². The van der Waals surface area contributed by atoms with Gasteiger partial charge in [-0.15, -0.1) is 0 Å². The first-order valence-electron chi connectivity index (χ1n) is 28.6. The molecule has 420 valence electrons. The molecule has 2 rings (SSSR count). The Labute approximate surface area is 434 Å². The van der Waals surface area contributed by atoms with Gasteiger partial charge in [-0.3, -0.25) is 9.59 Å². The van der Waals surface area contributed by atoms with Crippen LogP contribution in [-0.4, -0.2) is 142 Å². The fourth-order valence-electron chi connectivity index (χ4n) is 8.89. The molecule has 2 aliphatic rings. The molecule has 0 radical (unpaired) electrons. The Morgan fingerprint density at radius 2 is 0.833 bits per heavy atom. The summed E-state index contributed by atoms with van der Waals surface area (Å²) in [6.45, 7) is 2.58. The fourth-order valence-corrected chi connectivity index (χ4v) is 8.89. The van der Waals surface area contributed by atoms with E-state index in [1.54, 1.807) is 0 Å². The molecule has 7 N–H and O–H groups in total. The second-order valence-corrected chi connectivity index (χ2v) is 20.1. The molecule has 0 spiro atoms. The van der Waals surface area contributed by atoms with Crippen molar-refractivity contribution in [2.24, 2.45) is 0 Å². The number of carbonyl (C=O) groups excluding carboxylic acids is 2. The Morgan fingerprint density at radius 3 is 1.33 bits per heavy atom. The van der Waals surface area contributed by atoms with E-state index in [-0.39, 0.29) is 26.1 Å². The number of allylic oxidation sites excluding steroid dienone is 6. The van der Waals surface area contributed by atoms with E-state index >= 15 is 0 Å². The van der Waals surface area contributed by atoms with Gasteiger partial charge in [-0.05, 0) is 70.6 Å². The molecule has 4 unspecified atom stereocenters. The maximum Gasteiger partial charge on any atom is 0.306 e. The van der Waals surface area contributed by atoms with E-state index in [0.29, 0.717) is 12.8 Å². The predicted octanol–water partition coefficient (Wildman–Crippen LogP) is 9.27. The van der Waals surface area contributed by atoms with Gasteiger partial charge in [-0.1, -0.05) is 172 Å². The zero-order valence-corrected chi connectivity index (χ0v) is 44.7. The van der Waals surface area contributed by atoms with Crippen LogP contribution in [0.25, 0.3) is 0 Å². The molecule has 11 atom stereocenters. The van der Waals surface area contributed by atoms with Crippen LogP contribution in [0.1, 0.15) is 219 Å². The van der Waals surface area contributed by atoms with Crippen LogP contribution < -0.4 is 0 Å². The van der Waals surface area contributed by atoms with Gasteiger partial charge in [-0.2, -0.15) is 0 Å². The van der Waals surface area contributed by atoms with Crippen molar-refractivity contribution >= 4 is 11.9 Å². The van der Waals surface area contributed by atoms with E-state index in [2.05, 4.69) is 50.3 Å². The van der Waals surface area contributed by atoms with Crippen LogP contribution in [0.3, 0.4) is 0 Å². The Kier molecular flexibility index (Phi) is 40.1. The van der Waals surface area contributed by atoms with E-state index in [9.17, 15) is 45.3 Å². The van der Waals surface area contributed by atoms with Crippen molar-refractivity contribution < 1.29 is 73.8 Å². The van der Waals surface area contributed by atoms with Gasteiger partial charge in [0.1, 0.15) is 55.4 Å². The molecule has 15 heteroatoms. The average molecular weight is 1030 g/mol. The maximum atomic E-state index is 13.1. The van der Waals surface area contributed by atoms with Crippen LogP contribution in [0, 0.1) is 0 Å². The number of esters is 2. The molecule has 2 heterocycles. The molecule has 2 saturated heterocycles. The molecule has 0 aromatic rings. The monoisotopic (exact) mass is 1030 g/mol. The predicted molar refractivity (Wildman–Crippen MR) is 280 cm³/mol. The molecule has 0 aliphatic carbocycles. The van der Waals surface area contributed by atoms with Gasteiger partial charge in [0.05, 0.1) is 19.8 Å². The Bertz CT molecular complexity index is 1390. The summed E-state index contributed by atoms with van der Waals surface area (Å²) in [4.78, 5) is 25.9. The lowest BCUT2D eigenvalue weighted by Gasteiger charge is -2.42. The van der Waals surface area contributed by atoms with Gasteiger partial charge < -0.3 is 64.2 Å². The summed E-state index contributed by atoms with van der Waals surface area (Å²) in [6, 6.07) is 0. The van der Waals surface area contributed by atoms with Crippen molar-refractivity contribution in [1.82, 2.24) is 0 Å². The summed E-state index contributed by atoms with van der Waals surface area (Å²) in [5, 5.41) is 72.2. The first kappa shape index (κ1) is 65.8. The van der Waals surface area contributed by atoms with Crippen LogP contribution in [-0.2, 0) is 38.0 Å². The highest BCUT2D eigenvalue weighted by Gasteiger charge is 2.47. The summed E-state index contributed by atoms with van der Waals surface area (Å²) in [7, 11) is 0. The van der Waals surface area contributed by atoms with E-state index in [1.807, 2.05) is 0 Å². The van der Waals surface area contributed by atoms with Gasteiger partial charge in [0, 0.05) is 12.8 Å². The van der Waals surface area contributed by atoms with Crippen LogP contribution in [0.4, 0.5) is 0 Å². The standard InChI is InChI=1S/C57H102O15/c1-3-5-7-9-11-13-15-17-19-21-22-24-26-28-30-32-34-36-38-40-49(60)70-45(42-67-48(59)39-37-35-33-31-29-27-25-23-20-18-16-14-12-10-8-6-4-2)43-68-56-55(66)53(64)51(62)47(72-56)44-69-57-54(65)52(63)50(61)46(41-58)71-57/h11,13,17-20,45-47,50-58,61-66H,3-10,12,14-16,21-44H2,1-2H3/b13-11+,19-17+,20-18+/t45-,46+,47+,50-,51-,52?,53?,54?,55?,56+,57+/m1/s1. The number of hydrogen-bond donors (Lipinski definition) is 7. The van der Waals surface area contributed by atoms with Crippen molar-refractivity contribution in [2.75, 3.05) is 26.4 Å². The summed E-state index contributed by atoms with van der Waals surface area (Å²) in [6.07, 6.45) is 31.6. The topological polar surface area (TPSA) is 231 Å². The van der Waals surface area contributed by atoms with Crippen molar-refractivity contribution in [2.45, 2.75) is 287 Å². The minimum atomic E-state index is -1.77. The minimum absolute atomic E-state index is 0.160. The third-order valence-electron chi connectivity index (χ3n) is 13.6. The summed E-state index contributed by atoms with van der Waals surface area (Å²) in [5.74, 6) is -0.928. The second-order valence-electron chi connectivity index (χ2n) is 20.1. The van der Waals surface area contributed by atoms with Crippen molar-refractivity contribution in [3.63, 3.8) is 0 Å². The van der Waals surface area contributed by atoms with Crippen molar-refractivity contribution in [1.29, 1.82) is 0 Å². The summed E-state index contributed by atoms with van der Waals surface area (Å²) < 4.78 is 33.7. The Balaban J connectivity index is 1.77. The quantitative estimate of drug-likeness (QED) is 0.0171. The maximum absolute atomic E-state index is 13.1. The third-order valence-corrected chi connectivity index (χ3v) is 13.6. The number of aliphatic hydroxyl groups excluding tert-OH is 7. The fraction of sp³-hybridized carbons (Fsp3) is 0.860. The van der Waals surface area contributed by atoms with Gasteiger partial charge in [0.25, 0.3) is 0 Å². The number of ether oxygens (including phenoxy) is 6. The van der Waals surface area contributed by atoms with Gasteiger partial charge in [0.2, 0.25) is 0 Å². The zero-order valence-electron chi connectivity index (χ0n) is 44.7. The molecular weight excluding hydrogens is 925 g/mol. The highest BCUT2D eigenvalue weighted by atomic mass is 16.7. The smallest absolute Gasteiger partial charge is 0.306 e. The molecule has 0 aromatic carbocycles. The molecule has 0 aromatic heterocycles. The van der Waals surface area contributed by atoms with Crippen molar-refractivity contribution in [3.8, 4) is 0 Å². The molecule has 72 heavy (non-hydrogen) atoms. The van der Waals surface area contributed by atoms with Crippen LogP contribution in [0.2, 0.25) is 0 Å². The van der Waals surface area contributed by atoms with E-state index in [1.165, 1.54) is 116 Å². The zero-order chi connectivity index (χ0) is 52.4. The number of rotatable bonds is 45. The number of carbonyl (C=O) groups is 2. The Morgan fingerprint density at radius 1 is 0.444 bits per heavy atom. The number of unbranched alkanes of at least 4 members (excludes halogenated alkanes) is 25. The molecular formula is C57H102O15. The van der Waals surface area contributed by atoms with Crippen LogP contribution in [0.15, 0.2) is 36.5 Å². The number of hydrogen-bond acceptors (Lipinski definition) is 15. The normalized spacial score (nSPS) is 25.2. The van der Waals surface area contributed by atoms with E-state index in [4.69, 9.17) is 28.4 Å². The molecule has 0 bridgehead atoms. The minimum Gasteiger partial charge on any atom is -0.462 e. The molecule has 0 saturated carbocycles. The van der Waals surface area contributed by atoms with Gasteiger partial charge >= 0.3 is 11.9 Å². The lowest BCUT2D eigenvalue weighted by Crippen LogP contribution is -2.61. The number of aliphatic hydroxyl groups is 7. The summed E-state index contributed by atoms with van der Waals surface area (Å²) >= 11 is 0. The van der Waals surface area contributed by atoms with Gasteiger partial charge in [0.15, 0.2) is 18.7 Å². The Hall–Kier alpha value is -2.28. The second kappa shape index (κ2) is 43.9. The lowest BCUT2D eigenvalue weighted by molar-refractivity contribution is -0.332. The highest BCUT2D eigenvalue weighted by Crippen LogP contribution is 2.27. The molecule has 15 nitrogen and oxygen atoms in total. The highest BCUT2D eigenvalue weighted by molar-refractivity contribution is 5.70. The lowest BCUT2D eigenvalue weighted by atomic mass is 9.98. The van der Waals surface area contributed by atoms with E-state index in [0.717, 1.165) is 64.2 Å². The molecule has 0 amide bonds. The summed E-state index contributed by atoms with van der Waals surface area (Å²) in [5.41, 5.74) is 0. The van der Waals surface area contributed by atoms with Crippen LogP contribution in [0.5, 0.6) is 0 Å². The molecule has 2 fully saturated rings.